The number of allylic oxidation sites excluding steroid dienone is 3. The van der Waals surface area contributed by atoms with Gasteiger partial charge in [0.05, 0.1) is 13.1 Å². The smallest absolute Gasteiger partial charge is 0.250 e. The van der Waals surface area contributed by atoms with E-state index in [2.05, 4.69) is 10.6 Å². The van der Waals surface area contributed by atoms with E-state index >= 15 is 0 Å². The molecule has 1 atom stereocenters. The van der Waals surface area contributed by atoms with Gasteiger partial charge in [-0.1, -0.05) is 12.1 Å². The molecule has 1 aliphatic rings. The number of rotatable bonds is 8. The number of likely N-dealkylation sites (tertiary alicyclic amines) is 1. The van der Waals surface area contributed by atoms with Crippen molar-refractivity contribution in [2.24, 2.45) is 5.73 Å². The summed E-state index contributed by atoms with van der Waals surface area (Å²) in [6.07, 6.45) is -0.518. The minimum absolute atomic E-state index is 0.0905. The number of nitrogens with one attached hydrogen (secondary N) is 2. The second-order valence-corrected chi connectivity index (χ2v) is 7.48. The van der Waals surface area contributed by atoms with E-state index in [9.17, 15) is 23.5 Å². The first-order valence-electron chi connectivity index (χ1n) is 9.61. The summed E-state index contributed by atoms with van der Waals surface area (Å²) in [7, 11) is 0. The molecule has 1 aromatic rings. The van der Waals surface area contributed by atoms with Crippen LogP contribution in [-0.4, -0.2) is 53.2 Å². The van der Waals surface area contributed by atoms with Crippen molar-refractivity contribution in [3.63, 3.8) is 0 Å². The average Bonchev–Trinajstić information content (AvgIpc) is 2.66. The van der Waals surface area contributed by atoms with E-state index < -0.39 is 17.6 Å². The molecule has 1 unspecified atom stereocenters. The Labute approximate surface area is 174 Å². The Morgan fingerprint density at radius 3 is 2.57 bits per heavy atom. The van der Waals surface area contributed by atoms with Gasteiger partial charge in [0.2, 0.25) is 11.8 Å². The highest BCUT2D eigenvalue weighted by Gasteiger charge is 2.44. The van der Waals surface area contributed by atoms with Crippen molar-refractivity contribution in [3.05, 3.63) is 47.4 Å². The van der Waals surface area contributed by atoms with Crippen molar-refractivity contribution in [2.45, 2.75) is 39.0 Å². The van der Waals surface area contributed by atoms with Crippen molar-refractivity contribution in [2.75, 3.05) is 30.3 Å². The normalized spacial score (nSPS) is 17.5. The Morgan fingerprint density at radius 2 is 2.00 bits per heavy atom. The molecule has 0 spiro atoms. The van der Waals surface area contributed by atoms with Crippen molar-refractivity contribution in [1.82, 2.24) is 4.90 Å². The third kappa shape index (κ3) is 6.03. The number of carbonyl (C=O) groups is 2. The molecular weight excluding hydrogens is 394 g/mol. The SMILES string of the molecule is C/C=C(\C/C(N)=C(/F)C(C)F)C(=O)N1CC(O)(CNc2cccc(NC(C)=O)c2)C1. The van der Waals surface area contributed by atoms with Gasteiger partial charge in [0, 0.05) is 42.5 Å². The number of benzene rings is 1. The third-order valence-electron chi connectivity index (χ3n) is 4.72. The van der Waals surface area contributed by atoms with E-state index in [1.54, 1.807) is 31.2 Å². The molecule has 164 valence electrons. The number of alkyl halides is 1. The first-order chi connectivity index (χ1) is 14.0. The molecule has 30 heavy (non-hydrogen) atoms. The van der Waals surface area contributed by atoms with Gasteiger partial charge >= 0.3 is 0 Å². The summed E-state index contributed by atoms with van der Waals surface area (Å²) in [6, 6.07) is 7.04. The number of hydrogen-bond donors (Lipinski definition) is 4. The largest absolute Gasteiger partial charge is 0.400 e. The summed E-state index contributed by atoms with van der Waals surface area (Å²) in [6.45, 7) is 4.44. The van der Waals surface area contributed by atoms with E-state index in [0.717, 1.165) is 6.92 Å². The molecule has 0 saturated carbocycles. The lowest BCUT2D eigenvalue weighted by Gasteiger charge is -2.47. The number of halogens is 2. The number of nitrogens with two attached hydrogens (primary N) is 1. The van der Waals surface area contributed by atoms with Gasteiger partial charge in [-0.2, -0.15) is 0 Å². The van der Waals surface area contributed by atoms with Gasteiger partial charge < -0.3 is 26.4 Å². The summed E-state index contributed by atoms with van der Waals surface area (Å²) in [5, 5.41) is 16.4. The van der Waals surface area contributed by atoms with E-state index in [1.807, 2.05) is 0 Å². The van der Waals surface area contributed by atoms with Crippen LogP contribution in [0.4, 0.5) is 20.2 Å². The minimum atomic E-state index is -1.83. The molecule has 2 amide bonds. The fraction of sp³-hybridized carbons (Fsp3) is 0.429. The van der Waals surface area contributed by atoms with Crippen LogP contribution < -0.4 is 16.4 Å². The van der Waals surface area contributed by atoms with Gasteiger partial charge in [-0.3, -0.25) is 9.59 Å². The van der Waals surface area contributed by atoms with Gasteiger partial charge in [-0.05, 0) is 32.0 Å². The Balaban J connectivity index is 1.91. The van der Waals surface area contributed by atoms with Crippen LogP contribution in [0.3, 0.4) is 0 Å². The fourth-order valence-electron chi connectivity index (χ4n) is 3.15. The van der Waals surface area contributed by atoms with Crippen LogP contribution in [0.1, 0.15) is 27.2 Å². The van der Waals surface area contributed by atoms with Crippen LogP contribution in [0.15, 0.2) is 47.4 Å². The van der Waals surface area contributed by atoms with E-state index in [4.69, 9.17) is 5.73 Å². The van der Waals surface area contributed by atoms with Crippen molar-refractivity contribution >= 4 is 23.2 Å². The topological polar surface area (TPSA) is 108 Å². The van der Waals surface area contributed by atoms with Crippen LogP contribution in [0.25, 0.3) is 0 Å². The van der Waals surface area contributed by atoms with Crippen LogP contribution in [0.5, 0.6) is 0 Å². The standard InChI is InChI=1S/C21H28F2N4O3/c1-4-15(8-18(24)19(23)13(2)22)20(29)27-11-21(30,12-27)10-25-16-6-5-7-17(9-16)26-14(3)28/h4-7,9,13,25,30H,8,10-12,24H2,1-3H3,(H,26,28)/b15-4+,19-18-. The summed E-state index contributed by atoms with van der Waals surface area (Å²) in [5.41, 5.74) is 5.70. The lowest BCUT2D eigenvalue weighted by atomic mass is 9.92. The number of β-amino-alcohol motifs (C(OH)–C–C–N with tert-alkyl or cyclic N) is 1. The molecule has 0 aliphatic carbocycles. The fourth-order valence-corrected chi connectivity index (χ4v) is 3.15. The van der Waals surface area contributed by atoms with E-state index in [-0.39, 0.29) is 49.1 Å². The average molecular weight is 422 g/mol. The van der Waals surface area contributed by atoms with Crippen LogP contribution in [-0.2, 0) is 9.59 Å². The second-order valence-electron chi connectivity index (χ2n) is 7.48. The summed E-state index contributed by atoms with van der Waals surface area (Å²) in [5.74, 6) is -1.64. The monoisotopic (exact) mass is 422 g/mol. The number of hydrogen-bond acceptors (Lipinski definition) is 5. The third-order valence-corrected chi connectivity index (χ3v) is 4.72. The molecule has 5 N–H and O–H groups in total. The zero-order chi connectivity index (χ0) is 22.5. The predicted octanol–water partition coefficient (Wildman–Crippen LogP) is 2.46. The Morgan fingerprint density at radius 1 is 1.37 bits per heavy atom. The second kappa shape index (κ2) is 9.71. The molecule has 1 aliphatic heterocycles. The van der Waals surface area contributed by atoms with Gasteiger partial charge in [-0.25, -0.2) is 8.78 Å². The van der Waals surface area contributed by atoms with Crippen LogP contribution in [0, 0.1) is 0 Å². The maximum atomic E-state index is 13.6. The van der Waals surface area contributed by atoms with Gasteiger partial charge in [0.1, 0.15) is 5.60 Å². The molecule has 0 radical (unpaired) electrons. The summed E-state index contributed by atoms with van der Waals surface area (Å²) < 4.78 is 26.7. The highest BCUT2D eigenvalue weighted by molar-refractivity contribution is 5.94. The number of amides is 2. The summed E-state index contributed by atoms with van der Waals surface area (Å²) >= 11 is 0. The number of nitrogens with zero attached hydrogens (tertiary/aromatic N) is 1. The Kier molecular flexibility index (Phi) is 7.55. The Hall–Kier alpha value is -2.94. The van der Waals surface area contributed by atoms with Gasteiger partial charge in [0.15, 0.2) is 12.0 Å². The van der Waals surface area contributed by atoms with Gasteiger partial charge in [-0.15, -0.1) is 0 Å². The highest BCUT2D eigenvalue weighted by atomic mass is 19.2. The maximum Gasteiger partial charge on any atom is 0.250 e. The lowest BCUT2D eigenvalue weighted by molar-refractivity contribution is -0.148. The molecule has 2 rings (SSSR count). The zero-order valence-electron chi connectivity index (χ0n) is 17.3. The molecule has 1 heterocycles. The molecule has 1 fully saturated rings. The number of aliphatic hydroxyl groups is 1. The highest BCUT2D eigenvalue weighted by Crippen LogP contribution is 2.26. The van der Waals surface area contributed by atoms with Crippen molar-refractivity contribution < 1.29 is 23.5 Å². The molecule has 7 nitrogen and oxygen atoms in total. The van der Waals surface area contributed by atoms with Crippen LogP contribution in [0.2, 0.25) is 0 Å². The summed E-state index contributed by atoms with van der Waals surface area (Å²) in [4.78, 5) is 25.2. The molecule has 0 bridgehead atoms. The molecular formula is C21H28F2N4O3. The van der Waals surface area contributed by atoms with E-state index in [1.165, 1.54) is 17.9 Å². The van der Waals surface area contributed by atoms with Crippen LogP contribution >= 0.6 is 0 Å². The molecule has 1 saturated heterocycles. The molecule has 1 aromatic carbocycles. The number of carbonyl (C=O) groups excluding carboxylic acids is 2. The van der Waals surface area contributed by atoms with Gasteiger partial charge in [0.25, 0.3) is 0 Å². The maximum absolute atomic E-state index is 13.6. The number of anilines is 2. The first kappa shape index (κ1) is 23.3. The van der Waals surface area contributed by atoms with Crippen molar-refractivity contribution in [3.8, 4) is 0 Å². The quantitative estimate of drug-likeness (QED) is 0.482. The van der Waals surface area contributed by atoms with Crippen molar-refractivity contribution in [1.29, 1.82) is 0 Å². The minimum Gasteiger partial charge on any atom is -0.400 e. The first-order valence-corrected chi connectivity index (χ1v) is 9.61. The predicted molar refractivity (Wildman–Crippen MR) is 112 cm³/mol. The molecule has 0 aromatic heterocycles. The Bertz CT molecular complexity index is 862. The lowest BCUT2D eigenvalue weighted by Crippen LogP contribution is -2.66. The molecule has 9 heteroatoms. The van der Waals surface area contributed by atoms with E-state index in [0.29, 0.717) is 11.4 Å². The zero-order valence-corrected chi connectivity index (χ0v) is 17.3.